The minimum atomic E-state index is -0.469. The summed E-state index contributed by atoms with van der Waals surface area (Å²) in [6, 6.07) is 15.7. The number of aryl methyl sites for hydroxylation is 1. The highest BCUT2D eigenvalue weighted by Crippen LogP contribution is 2.26. The summed E-state index contributed by atoms with van der Waals surface area (Å²) >= 11 is 0. The lowest BCUT2D eigenvalue weighted by molar-refractivity contribution is 0.100. The van der Waals surface area contributed by atoms with Gasteiger partial charge in [-0.3, -0.25) is 4.79 Å². The van der Waals surface area contributed by atoms with Crippen LogP contribution in [0.15, 0.2) is 60.9 Å². The van der Waals surface area contributed by atoms with Gasteiger partial charge in [0.2, 0.25) is 5.95 Å². The number of carbonyl (C=O) groups excluding carboxylic acids is 1. The van der Waals surface area contributed by atoms with Gasteiger partial charge in [-0.25, -0.2) is 4.98 Å². The molecule has 0 aliphatic heterocycles. The molecule has 3 N–H and O–H groups in total. The van der Waals surface area contributed by atoms with Crippen LogP contribution in [-0.4, -0.2) is 59.6 Å². The molecule has 8 nitrogen and oxygen atoms in total. The fraction of sp³-hybridized carbons (Fsp3) is 0.240. The van der Waals surface area contributed by atoms with E-state index in [2.05, 4.69) is 65.3 Å². The first-order valence-electron chi connectivity index (χ1n) is 10.8. The lowest BCUT2D eigenvalue weighted by Gasteiger charge is -2.23. The Hall–Kier alpha value is -3.91. The van der Waals surface area contributed by atoms with E-state index >= 15 is 0 Å². The Morgan fingerprint density at radius 2 is 1.88 bits per heavy atom. The number of likely N-dealkylation sites (N-methyl/N-ethyl adjacent to an activating group) is 2. The normalized spacial score (nSPS) is 11.2. The number of para-hydroxylation sites is 1. The molecular formula is C25H29N7O. The van der Waals surface area contributed by atoms with Crippen molar-refractivity contribution in [1.82, 2.24) is 19.4 Å². The van der Waals surface area contributed by atoms with Gasteiger partial charge in [0.25, 0.3) is 5.91 Å². The first-order valence-corrected chi connectivity index (χ1v) is 10.8. The Balaban J connectivity index is 1.59. The van der Waals surface area contributed by atoms with Crippen molar-refractivity contribution in [2.24, 2.45) is 5.73 Å². The summed E-state index contributed by atoms with van der Waals surface area (Å²) in [6.45, 7) is 4.03. The van der Waals surface area contributed by atoms with Crippen molar-refractivity contribution in [2.45, 2.75) is 6.92 Å². The molecular weight excluding hydrogens is 414 g/mol. The Kier molecular flexibility index (Phi) is 6.28. The molecule has 0 atom stereocenters. The van der Waals surface area contributed by atoms with Gasteiger partial charge in [0.15, 0.2) is 0 Å². The highest BCUT2D eigenvalue weighted by Gasteiger charge is 2.14. The molecule has 33 heavy (non-hydrogen) atoms. The first kappa shape index (κ1) is 22.3. The van der Waals surface area contributed by atoms with E-state index in [4.69, 9.17) is 5.73 Å². The summed E-state index contributed by atoms with van der Waals surface area (Å²) in [5.74, 6) is 0.649. The predicted octanol–water partition coefficient (Wildman–Crippen LogP) is 3.57. The molecule has 1 amide bonds. The third-order valence-electron chi connectivity index (χ3n) is 5.61. The third-order valence-corrected chi connectivity index (χ3v) is 5.61. The third kappa shape index (κ3) is 4.80. The number of nitrogens with zero attached hydrogens (tertiary/aromatic N) is 5. The maximum absolute atomic E-state index is 11.9. The number of aromatic nitrogens is 3. The topological polar surface area (TPSA) is 92.3 Å². The Labute approximate surface area is 193 Å². The first-order chi connectivity index (χ1) is 15.8. The number of rotatable bonds is 8. The standard InChI is InChI=1S/C25H29N7O/c1-17-15-18(9-10-21(17)31(4)14-13-30(2)3)28-25-27-12-11-23(29-25)32-16-20(24(26)33)19-7-5-6-8-22(19)32/h5-12,15-16H,13-14H2,1-4H3,(H2,26,33)(H,27,28,29). The SMILES string of the molecule is Cc1cc(Nc2nccc(-n3cc(C(N)=O)c4ccccc43)n2)ccc1N(C)CCN(C)C. The van der Waals surface area contributed by atoms with Gasteiger partial charge in [-0.2, -0.15) is 4.98 Å². The zero-order valence-electron chi connectivity index (χ0n) is 19.4. The van der Waals surface area contributed by atoms with E-state index in [1.54, 1.807) is 18.5 Å². The van der Waals surface area contributed by atoms with E-state index in [1.165, 1.54) is 11.3 Å². The lowest BCUT2D eigenvalue weighted by Crippen LogP contribution is -2.28. The zero-order chi connectivity index (χ0) is 23.5. The van der Waals surface area contributed by atoms with Crippen LogP contribution in [-0.2, 0) is 0 Å². The summed E-state index contributed by atoms with van der Waals surface area (Å²) in [5.41, 5.74) is 10.2. The van der Waals surface area contributed by atoms with E-state index in [9.17, 15) is 4.79 Å². The molecule has 2 aromatic heterocycles. The summed E-state index contributed by atoms with van der Waals surface area (Å²) in [5, 5.41) is 4.09. The molecule has 0 spiro atoms. The summed E-state index contributed by atoms with van der Waals surface area (Å²) in [6.07, 6.45) is 3.42. The monoisotopic (exact) mass is 443 g/mol. The lowest BCUT2D eigenvalue weighted by atomic mass is 10.1. The Morgan fingerprint density at radius 1 is 1.09 bits per heavy atom. The van der Waals surface area contributed by atoms with Crippen molar-refractivity contribution in [2.75, 3.05) is 44.4 Å². The molecule has 0 aliphatic rings. The second-order valence-electron chi connectivity index (χ2n) is 8.38. The summed E-state index contributed by atoms with van der Waals surface area (Å²) < 4.78 is 1.86. The molecule has 170 valence electrons. The highest BCUT2D eigenvalue weighted by atomic mass is 16.1. The average Bonchev–Trinajstić information content (AvgIpc) is 3.18. The molecule has 0 saturated heterocycles. The Morgan fingerprint density at radius 3 is 2.61 bits per heavy atom. The number of nitrogens with one attached hydrogen (secondary N) is 1. The van der Waals surface area contributed by atoms with Gasteiger partial charge in [0.1, 0.15) is 5.82 Å². The van der Waals surface area contributed by atoms with E-state index < -0.39 is 5.91 Å². The second kappa shape index (κ2) is 9.30. The number of primary amides is 1. The Bertz CT molecular complexity index is 1300. The number of amides is 1. The molecule has 0 bridgehead atoms. The number of hydrogen-bond donors (Lipinski definition) is 2. The van der Waals surface area contributed by atoms with Gasteiger partial charge in [0, 0.05) is 49.3 Å². The molecule has 0 unspecified atom stereocenters. The number of benzene rings is 2. The molecule has 0 saturated carbocycles. The van der Waals surface area contributed by atoms with Crippen LogP contribution < -0.4 is 16.0 Å². The van der Waals surface area contributed by atoms with Crippen LogP contribution in [0.4, 0.5) is 17.3 Å². The number of fused-ring (bicyclic) bond motifs is 1. The van der Waals surface area contributed by atoms with E-state index in [-0.39, 0.29) is 0 Å². The van der Waals surface area contributed by atoms with Crippen LogP contribution in [0, 0.1) is 6.92 Å². The molecule has 2 aromatic carbocycles. The van der Waals surface area contributed by atoms with Gasteiger partial charge >= 0.3 is 0 Å². The molecule has 0 aliphatic carbocycles. The number of hydrogen-bond acceptors (Lipinski definition) is 6. The minimum Gasteiger partial charge on any atom is -0.373 e. The number of anilines is 3. The van der Waals surface area contributed by atoms with Crippen molar-refractivity contribution in [1.29, 1.82) is 0 Å². The number of nitrogens with two attached hydrogens (primary N) is 1. The molecule has 8 heteroatoms. The predicted molar refractivity (Wildman–Crippen MR) is 134 cm³/mol. The van der Waals surface area contributed by atoms with Crippen LogP contribution in [0.3, 0.4) is 0 Å². The zero-order valence-corrected chi connectivity index (χ0v) is 19.4. The molecule has 2 heterocycles. The molecule has 4 rings (SSSR count). The molecule has 0 fully saturated rings. The van der Waals surface area contributed by atoms with Crippen molar-refractivity contribution in [3.63, 3.8) is 0 Å². The fourth-order valence-corrected chi connectivity index (χ4v) is 3.87. The van der Waals surface area contributed by atoms with Crippen LogP contribution in [0.25, 0.3) is 16.7 Å². The quantitative estimate of drug-likeness (QED) is 0.433. The minimum absolute atomic E-state index is 0.461. The largest absolute Gasteiger partial charge is 0.373 e. The van der Waals surface area contributed by atoms with E-state index in [0.717, 1.165) is 29.7 Å². The van der Waals surface area contributed by atoms with E-state index in [0.29, 0.717) is 17.3 Å². The maximum Gasteiger partial charge on any atom is 0.250 e. The van der Waals surface area contributed by atoms with Crippen molar-refractivity contribution in [3.05, 3.63) is 72.1 Å². The van der Waals surface area contributed by atoms with Gasteiger partial charge in [-0.15, -0.1) is 0 Å². The van der Waals surface area contributed by atoms with Gasteiger partial charge in [0.05, 0.1) is 11.1 Å². The maximum atomic E-state index is 11.9. The van der Waals surface area contributed by atoms with Crippen molar-refractivity contribution >= 4 is 34.1 Å². The van der Waals surface area contributed by atoms with Crippen molar-refractivity contribution < 1.29 is 4.79 Å². The van der Waals surface area contributed by atoms with Crippen LogP contribution >= 0.6 is 0 Å². The van der Waals surface area contributed by atoms with Gasteiger partial charge in [-0.1, -0.05) is 18.2 Å². The second-order valence-corrected chi connectivity index (χ2v) is 8.38. The van der Waals surface area contributed by atoms with Gasteiger partial charge in [-0.05, 0) is 56.9 Å². The van der Waals surface area contributed by atoms with Gasteiger partial charge < -0.3 is 25.4 Å². The van der Waals surface area contributed by atoms with Crippen LogP contribution in [0.2, 0.25) is 0 Å². The van der Waals surface area contributed by atoms with Crippen LogP contribution in [0.5, 0.6) is 0 Å². The smallest absolute Gasteiger partial charge is 0.250 e. The average molecular weight is 444 g/mol. The number of carbonyl (C=O) groups is 1. The fourth-order valence-electron chi connectivity index (χ4n) is 3.87. The van der Waals surface area contributed by atoms with Crippen molar-refractivity contribution in [3.8, 4) is 5.82 Å². The molecule has 0 radical (unpaired) electrons. The molecule has 4 aromatic rings. The van der Waals surface area contributed by atoms with Crippen LogP contribution in [0.1, 0.15) is 15.9 Å². The summed E-state index contributed by atoms with van der Waals surface area (Å²) in [7, 11) is 6.26. The highest BCUT2D eigenvalue weighted by molar-refractivity contribution is 6.06. The summed E-state index contributed by atoms with van der Waals surface area (Å²) in [4.78, 5) is 25.4. The van der Waals surface area contributed by atoms with E-state index in [1.807, 2.05) is 34.9 Å².